The molecular formula is C26H35Cl2N10O5Zn2+. The molecule has 0 aliphatic carbocycles. The van der Waals surface area contributed by atoms with Gasteiger partial charge in [-0.2, -0.15) is 0 Å². The van der Waals surface area contributed by atoms with Crippen LogP contribution in [0.25, 0.3) is 31.9 Å². The molecule has 3 N–H and O–H groups in total. The second-order valence-electron chi connectivity index (χ2n) is 8.52. The molecule has 19 heteroatoms. The Bertz CT molecular complexity index is 1100. The Labute approximate surface area is 297 Å². The van der Waals surface area contributed by atoms with E-state index in [1.807, 2.05) is 0 Å². The smallest absolute Gasteiger partial charge is 0.872 e. The molecule has 2 heterocycles. The van der Waals surface area contributed by atoms with E-state index < -0.39 is 0 Å². The molecule has 2 aliphatic heterocycles. The van der Waals surface area contributed by atoms with Crippen LogP contribution in [0.15, 0.2) is 46.4 Å². The number of benzene rings is 2. The second kappa shape index (κ2) is 30.3. The van der Waals surface area contributed by atoms with E-state index in [2.05, 4.69) is 19.8 Å². The van der Waals surface area contributed by atoms with Crippen LogP contribution in [0.3, 0.4) is 0 Å². The van der Waals surface area contributed by atoms with Crippen LogP contribution in [-0.4, -0.2) is 101 Å². The first kappa shape index (κ1) is 47.0. The number of nitrogens with zero attached hydrogens (tertiary/aromatic N) is 10. The summed E-state index contributed by atoms with van der Waals surface area (Å²) in [7, 11) is 0. The molecule has 2 aliphatic rings. The van der Waals surface area contributed by atoms with Crippen molar-refractivity contribution in [2.75, 3.05) is 78.8 Å². The Balaban J connectivity index is -0.000000631. The second-order valence-corrected chi connectivity index (χ2v) is 9.39. The zero-order valence-corrected chi connectivity index (χ0v) is 32.4. The number of ether oxygens (including phenoxy) is 2. The molecule has 2 fully saturated rings. The number of morpholine rings is 2. The zero-order valence-electron chi connectivity index (χ0n) is 25.0. The number of aliphatic imine (C=N–C) groups is 2. The Morgan fingerprint density at radius 1 is 0.689 bits per heavy atom. The summed E-state index contributed by atoms with van der Waals surface area (Å²) in [6.07, 6.45) is 3.21. The Morgan fingerprint density at radius 2 is 1.00 bits per heavy atom. The molecule has 0 bridgehead atoms. The summed E-state index contributed by atoms with van der Waals surface area (Å²) in [5, 5.41) is 24.1. The van der Waals surface area contributed by atoms with E-state index in [9.17, 15) is 10.2 Å². The van der Waals surface area contributed by atoms with Crippen LogP contribution < -0.4 is 10.2 Å². The predicted molar refractivity (Wildman–Crippen MR) is 166 cm³/mol. The molecular weight excluding hydrogens is 734 g/mol. The predicted octanol–water partition coefficient (Wildman–Crippen LogP) is 3.13. The van der Waals surface area contributed by atoms with Gasteiger partial charge in [0, 0.05) is 61.7 Å². The van der Waals surface area contributed by atoms with E-state index in [0.29, 0.717) is 34.3 Å². The summed E-state index contributed by atoms with van der Waals surface area (Å²) in [4.78, 5) is 16.1. The maximum atomic E-state index is 11.5. The van der Waals surface area contributed by atoms with Gasteiger partial charge in [0.15, 0.2) is 0 Å². The van der Waals surface area contributed by atoms with Crippen molar-refractivity contribution in [1.29, 1.82) is 0 Å². The van der Waals surface area contributed by atoms with Crippen molar-refractivity contribution in [2.45, 2.75) is 0 Å². The summed E-state index contributed by atoms with van der Waals surface area (Å²) in [6, 6.07) is 9.39. The van der Waals surface area contributed by atoms with Crippen molar-refractivity contribution in [3.8, 4) is 11.5 Å². The summed E-state index contributed by atoms with van der Waals surface area (Å²) in [5.74, 6) is -0.0935. The molecule has 0 atom stereocenters. The van der Waals surface area contributed by atoms with E-state index in [1.54, 1.807) is 36.7 Å². The molecule has 236 valence electrons. The van der Waals surface area contributed by atoms with Crippen molar-refractivity contribution >= 4 is 35.6 Å². The van der Waals surface area contributed by atoms with Crippen LogP contribution >= 0.6 is 23.2 Å². The Morgan fingerprint density at radius 3 is 1.31 bits per heavy atom. The summed E-state index contributed by atoms with van der Waals surface area (Å²) in [6.45, 7) is 10.2. The first-order chi connectivity index (χ1) is 20.3. The normalized spacial score (nSPS) is 14.3. The number of hydrogen-bond donors (Lipinski definition) is 0. The van der Waals surface area contributed by atoms with Crippen LogP contribution in [0.4, 0.5) is 0 Å². The van der Waals surface area contributed by atoms with E-state index in [-0.39, 0.29) is 55.9 Å². The molecule has 15 nitrogen and oxygen atoms in total. The minimum Gasteiger partial charge on any atom is -0.872 e. The molecule has 0 spiro atoms. The monoisotopic (exact) mass is 765 g/mol. The molecule has 0 aromatic heterocycles. The maximum Gasteiger partial charge on any atom is 2.00 e. The SMILES string of the molecule is [N-]=[N+]=[N-].[N-]=[N+]=[N-].[O-]c1ccc(Cl)cc1C=NCCN1CCOCC1.[O-]c1ccc(Cl)cc1C=NCCN1CCOCC1.[OH3+].[Zn+2].[Zn+2]. The van der Waals surface area contributed by atoms with Crippen LogP contribution in [0.5, 0.6) is 11.5 Å². The van der Waals surface area contributed by atoms with Crippen molar-refractivity contribution < 1.29 is 64.1 Å². The third-order valence-corrected chi connectivity index (χ3v) is 6.17. The number of rotatable bonds is 8. The van der Waals surface area contributed by atoms with Gasteiger partial charge >= 0.3 is 39.0 Å². The van der Waals surface area contributed by atoms with Gasteiger partial charge < -0.3 is 47.3 Å². The van der Waals surface area contributed by atoms with Gasteiger partial charge in [-0.3, -0.25) is 29.6 Å². The number of halogens is 2. The van der Waals surface area contributed by atoms with Crippen molar-refractivity contribution in [1.82, 2.24) is 9.80 Å². The Hall–Kier alpha value is -2.37. The minimum absolute atomic E-state index is 0. The van der Waals surface area contributed by atoms with Crippen LogP contribution in [0.1, 0.15) is 11.1 Å². The third-order valence-electron chi connectivity index (χ3n) is 5.70. The fraction of sp³-hybridized carbons (Fsp3) is 0.462. The molecule has 2 saturated heterocycles. The van der Waals surface area contributed by atoms with Crippen molar-refractivity contribution in [3.63, 3.8) is 0 Å². The summed E-state index contributed by atoms with van der Waals surface area (Å²) in [5.41, 5.74) is 28.1. The molecule has 0 unspecified atom stereocenters. The van der Waals surface area contributed by atoms with E-state index in [1.165, 1.54) is 22.0 Å². The largest absolute Gasteiger partial charge is 2.00 e. The van der Waals surface area contributed by atoms with Crippen LogP contribution in [0.2, 0.25) is 10.0 Å². The van der Waals surface area contributed by atoms with Gasteiger partial charge in [-0.25, -0.2) is 0 Å². The molecule has 4 rings (SSSR count). The van der Waals surface area contributed by atoms with Crippen molar-refractivity contribution in [3.05, 3.63) is 89.5 Å². The molecule has 0 amide bonds. The van der Waals surface area contributed by atoms with Gasteiger partial charge in [-0.15, -0.1) is 0 Å². The Kier molecular flexibility index (Phi) is 31.7. The molecule has 45 heavy (non-hydrogen) atoms. The minimum atomic E-state index is -0.0467. The fourth-order valence-corrected chi connectivity index (χ4v) is 3.98. The number of hydrogen-bond acceptors (Lipinski definition) is 8. The maximum absolute atomic E-state index is 11.5. The van der Waals surface area contributed by atoms with Crippen LogP contribution in [0, 0.1) is 0 Å². The topological polar surface area (TPSA) is 246 Å². The van der Waals surface area contributed by atoms with Gasteiger partial charge in [0.05, 0.1) is 39.5 Å². The van der Waals surface area contributed by atoms with E-state index >= 15 is 0 Å². The molecule has 0 radical (unpaired) electrons. The average Bonchev–Trinajstić information content (AvgIpc) is 2.99. The van der Waals surface area contributed by atoms with Gasteiger partial charge in [0.2, 0.25) is 0 Å². The molecule has 0 saturated carbocycles. The average molecular weight is 769 g/mol. The van der Waals surface area contributed by atoms with Gasteiger partial charge in [0.25, 0.3) is 0 Å². The molecule has 2 aromatic carbocycles. The van der Waals surface area contributed by atoms with E-state index in [4.69, 9.17) is 54.8 Å². The first-order valence-corrected chi connectivity index (χ1v) is 13.6. The third kappa shape index (κ3) is 22.7. The van der Waals surface area contributed by atoms with Crippen LogP contribution in [-0.2, 0) is 53.9 Å². The quantitative estimate of drug-likeness (QED) is 0.0974. The first-order valence-electron chi connectivity index (χ1n) is 12.8. The van der Waals surface area contributed by atoms with Gasteiger partial charge in [0.1, 0.15) is 0 Å². The summed E-state index contributed by atoms with van der Waals surface area (Å²) < 4.78 is 10.5. The van der Waals surface area contributed by atoms with Crippen molar-refractivity contribution in [2.24, 2.45) is 9.98 Å². The summed E-state index contributed by atoms with van der Waals surface area (Å²) >= 11 is 11.7. The van der Waals surface area contributed by atoms with Gasteiger partial charge in [-0.05, 0) is 35.4 Å². The van der Waals surface area contributed by atoms with Gasteiger partial charge in [-0.1, -0.05) is 46.8 Å². The van der Waals surface area contributed by atoms with E-state index in [0.717, 1.165) is 65.7 Å². The fourth-order valence-electron chi connectivity index (χ4n) is 3.61. The molecule has 2 aromatic rings. The standard InChI is InChI=1S/2C13H17ClN2O2.2N3.H2O.2Zn/c2*14-12-1-2-13(17)11(9-12)10-15-3-4-16-5-7-18-8-6-16;2*1-3-2;;;/h2*1-2,9-10,17H,3-8H2;;;1H2;;/q;;2*-1;;2*+2/p-1. The zero-order chi connectivity index (χ0) is 31.0.